The number of carbonyl (C=O) groups is 3. The highest BCUT2D eigenvalue weighted by Crippen LogP contribution is 2.49. The van der Waals surface area contributed by atoms with E-state index in [1.807, 2.05) is 37.3 Å². The van der Waals surface area contributed by atoms with Crippen LogP contribution in [0.5, 0.6) is 11.5 Å². The molecule has 5 aliphatic heterocycles. The van der Waals surface area contributed by atoms with Crippen molar-refractivity contribution in [2.24, 2.45) is 5.14 Å². The van der Waals surface area contributed by atoms with Gasteiger partial charge in [0, 0.05) is 96.2 Å². The number of sulfonamides is 1. The summed E-state index contributed by atoms with van der Waals surface area (Å²) >= 11 is 0. The number of carboxylic acid groups (broad SMARTS) is 1. The average molecular weight is 945 g/mol. The predicted molar refractivity (Wildman–Crippen MR) is 262 cm³/mol. The number of hydrogen-bond donors (Lipinski definition) is 4. The van der Waals surface area contributed by atoms with E-state index in [0.717, 1.165) is 122 Å². The Hall–Kier alpha value is -7.10. The fourth-order valence-electron chi connectivity index (χ4n) is 11.1. The van der Waals surface area contributed by atoms with Crippen molar-refractivity contribution >= 4 is 39.1 Å². The molecule has 352 valence electrons. The summed E-state index contributed by atoms with van der Waals surface area (Å²) in [6.45, 7) is 6.37. The van der Waals surface area contributed by atoms with Gasteiger partial charge in [-0.2, -0.15) is 5.10 Å². The second-order valence-electron chi connectivity index (χ2n) is 18.9. The number of nitrogens with two attached hydrogens (primary N) is 1. The minimum Gasteiger partial charge on any atom is -0.478 e. The van der Waals surface area contributed by atoms with E-state index in [9.17, 15) is 27.9 Å². The van der Waals surface area contributed by atoms with Gasteiger partial charge in [0.25, 0.3) is 5.91 Å². The second kappa shape index (κ2) is 17.8. The van der Waals surface area contributed by atoms with Gasteiger partial charge in [0.1, 0.15) is 24.6 Å². The number of carboxylic acids is 1. The standard InChI is InChI=1S/C54H53N7O7S/c1-32-10-12-33(13-11-32)46-31-37(58-61(46)38-16-18-39(19-17-38)69(55,66)67)15-21-47(62)56-22-23-57-53(63)36-14-20-40(54(64)65)43(30-36)48-44-28-34-6-2-24-59-26-4-8-41(49(34)59)51(44)68-52-42-9-5-27-60-25-3-7-35(50(42)60)29-45(48)52/h10-14,16-20,28-31H,2-9,15,21-27H2,1H3,(H4-,55,56,57,62,63,64,65,66,67)/p+1. The van der Waals surface area contributed by atoms with Gasteiger partial charge in [0.2, 0.25) is 21.3 Å². The van der Waals surface area contributed by atoms with Crippen LogP contribution in [0.15, 0.2) is 89.8 Å². The number of hydrogen-bond acceptors (Lipinski definition) is 8. The SMILES string of the molecule is Cc1ccc(-c2cc(CCC(=O)NCCNC(=O)c3ccc(C(=O)O)c(C4=c5cc6c7c(c5Oc5c4cc4c8c5CCCN8CCC4)CCC[N+]=7CCC6)c3)nn2-c2ccc(S(N)(=O)=O)cc2)cc1. The van der Waals surface area contributed by atoms with Crippen LogP contribution >= 0.6 is 0 Å². The molecule has 5 N–H and O–H groups in total. The first-order valence-electron chi connectivity index (χ1n) is 24.0. The molecule has 15 heteroatoms. The van der Waals surface area contributed by atoms with E-state index < -0.39 is 16.0 Å². The monoisotopic (exact) mass is 944 g/mol. The first-order valence-corrected chi connectivity index (χ1v) is 25.6. The highest BCUT2D eigenvalue weighted by Gasteiger charge is 2.37. The number of ether oxygens (including phenoxy) is 1. The number of nitrogens with zero attached hydrogens (tertiary/aromatic N) is 4. The molecule has 69 heavy (non-hydrogen) atoms. The van der Waals surface area contributed by atoms with Gasteiger partial charge in [-0.05, 0) is 117 Å². The molecule has 11 rings (SSSR count). The number of anilines is 1. The first-order chi connectivity index (χ1) is 33.4. The second-order valence-corrected chi connectivity index (χ2v) is 20.4. The van der Waals surface area contributed by atoms with Gasteiger partial charge in [-0.25, -0.2) is 27.6 Å². The minimum atomic E-state index is -3.87. The summed E-state index contributed by atoms with van der Waals surface area (Å²) in [4.78, 5) is 42.8. The van der Waals surface area contributed by atoms with Crippen LogP contribution < -0.4 is 40.6 Å². The van der Waals surface area contributed by atoms with E-state index in [0.29, 0.717) is 28.9 Å². The predicted octanol–water partition coefficient (Wildman–Crippen LogP) is 5.11. The molecule has 0 spiro atoms. The zero-order chi connectivity index (χ0) is 47.6. The maximum atomic E-state index is 14.0. The van der Waals surface area contributed by atoms with Gasteiger partial charge in [0.05, 0.1) is 33.1 Å². The Bertz CT molecular complexity index is 3370. The minimum absolute atomic E-state index is 0.00707. The van der Waals surface area contributed by atoms with Crippen molar-refractivity contribution in [3.8, 4) is 28.4 Å². The molecule has 5 aromatic carbocycles. The van der Waals surface area contributed by atoms with E-state index in [4.69, 9.17) is 15.0 Å². The molecule has 0 radical (unpaired) electrons. The lowest BCUT2D eigenvalue weighted by Crippen LogP contribution is -2.45. The van der Waals surface area contributed by atoms with E-state index in [1.165, 1.54) is 51.5 Å². The van der Waals surface area contributed by atoms with Crippen LogP contribution in [0.3, 0.4) is 0 Å². The molecule has 5 aliphatic rings. The average Bonchev–Trinajstić information content (AvgIpc) is 3.78. The zero-order valence-electron chi connectivity index (χ0n) is 38.6. The van der Waals surface area contributed by atoms with Crippen LogP contribution in [0.2, 0.25) is 0 Å². The summed E-state index contributed by atoms with van der Waals surface area (Å²) in [5.74, 6) is -0.0516. The molecule has 0 unspecified atom stereocenters. The molecule has 14 nitrogen and oxygen atoms in total. The number of fused-ring (bicyclic) bond motifs is 4. The molecule has 0 saturated heterocycles. The van der Waals surface area contributed by atoms with E-state index in [-0.39, 0.29) is 41.8 Å². The molecule has 0 atom stereocenters. The number of amides is 2. The van der Waals surface area contributed by atoms with Crippen molar-refractivity contribution in [2.75, 3.05) is 44.2 Å². The summed E-state index contributed by atoms with van der Waals surface area (Å²) in [6.07, 6.45) is 8.22. The van der Waals surface area contributed by atoms with E-state index >= 15 is 0 Å². The van der Waals surface area contributed by atoms with E-state index in [2.05, 4.69) is 32.2 Å². The van der Waals surface area contributed by atoms with Crippen molar-refractivity contribution in [2.45, 2.75) is 76.0 Å². The summed E-state index contributed by atoms with van der Waals surface area (Å²) < 4.78 is 35.2. The third kappa shape index (κ3) is 8.26. The Morgan fingerprint density at radius 2 is 1.52 bits per heavy atom. The maximum Gasteiger partial charge on any atom is 0.336 e. The third-order valence-electron chi connectivity index (χ3n) is 14.3. The number of primary sulfonamides is 1. The fourth-order valence-corrected chi connectivity index (χ4v) is 11.7. The van der Waals surface area contributed by atoms with Crippen molar-refractivity contribution in [1.29, 1.82) is 0 Å². The number of aryl methyl sites for hydroxylation is 4. The quantitative estimate of drug-likeness (QED) is 0.0954. The molecule has 0 aliphatic carbocycles. The van der Waals surface area contributed by atoms with Gasteiger partial charge >= 0.3 is 5.97 Å². The molecule has 2 amide bonds. The molecule has 0 fully saturated rings. The van der Waals surface area contributed by atoms with Crippen molar-refractivity contribution < 1.29 is 32.6 Å². The number of rotatable bonds is 12. The number of aromatic nitrogens is 2. The largest absolute Gasteiger partial charge is 0.478 e. The highest BCUT2D eigenvalue weighted by atomic mass is 32.2. The topological polar surface area (TPSA) is 189 Å². The molecular weight excluding hydrogens is 891 g/mol. The normalized spacial score (nSPS) is 15.6. The molecule has 0 saturated carbocycles. The van der Waals surface area contributed by atoms with Crippen molar-refractivity contribution in [3.63, 3.8) is 0 Å². The lowest BCUT2D eigenvalue weighted by molar-refractivity contribution is -0.121. The maximum absolute atomic E-state index is 14.0. The smallest absolute Gasteiger partial charge is 0.336 e. The lowest BCUT2D eigenvalue weighted by atomic mass is 9.81. The van der Waals surface area contributed by atoms with Gasteiger partial charge in [-0.3, -0.25) is 9.59 Å². The summed E-state index contributed by atoms with van der Waals surface area (Å²) in [5.41, 5.74) is 12.9. The molecular formula is C54H54N7O7S+. The highest BCUT2D eigenvalue weighted by molar-refractivity contribution is 7.89. The van der Waals surface area contributed by atoms with E-state index in [1.54, 1.807) is 28.9 Å². The Morgan fingerprint density at radius 3 is 2.29 bits per heavy atom. The van der Waals surface area contributed by atoms with Crippen LogP contribution in [-0.2, 0) is 46.9 Å². The fraction of sp³-hybridized carbons (Fsp3) is 0.315. The van der Waals surface area contributed by atoms with Gasteiger partial charge < -0.3 is 25.4 Å². The van der Waals surface area contributed by atoms with Gasteiger partial charge in [0.15, 0.2) is 0 Å². The van der Waals surface area contributed by atoms with Crippen LogP contribution in [-0.4, -0.2) is 80.4 Å². The summed E-state index contributed by atoms with van der Waals surface area (Å²) in [7, 11) is -3.87. The summed E-state index contributed by atoms with van der Waals surface area (Å²) in [5, 5.41) is 28.9. The molecule has 6 aromatic rings. The van der Waals surface area contributed by atoms with Crippen LogP contribution in [0, 0.1) is 6.92 Å². The van der Waals surface area contributed by atoms with Crippen LogP contribution in [0.25, 0.3) is 22.5 Å². The van der Waals surface area contributed by atoms with Crippen molar-refractivity contribution in [1.82, 2.24) is 25.0 Å². The Morgan fingerprint density at radius 1 is 0.797 bits per heavy atom. The number of carbonyl (C=O) groups excluding carboxylic acids is 2. The Balaban J connectivity index is 0.845. The van der Waals surface area contributed by atoms with Gasteiger partial charge in [-0.1, -0.05) is 29.8 Å². The lowest BCUT2D eigenvalue weighted by Gasteiger charge is -2.39. The molecule has 6 heterocycles. The first kappa shape index (κ1) is 44.4. The third-order valence-corrected chi connectivity index (χ3v) is 15.3. The molecule has 1 aromatic heterocycles. The summed E-state index contributed by atoms with van der Waals surface area (Å²) in [6, 6.07) is 25.3. The molecule has 0 bridgehead atoms. The zero-order valence-corrected chi connectivity index (χ0v) is 39.4. The van der Waals surface area contributed by atoms with Crippen LogP contribution in [0.1, 0.15) is 97.5 Å². The van der Waals surface area contributed by atoms with Gasteiger partial charge in [-0.15, -0.1) is 0 Å². The Kier molecular flexibility index (Phi) is 11.4. The number of nitrogens with one attached hydrogen (secondary N) is 2. The number of aromatic carboxylic acids is 1. The van der Waals surface area contributed by atoms with Crippen LogP contribution in [0.4, 0.5) is 5.69 Å². The Labute approximate surface area is 400 Å². The van der Waals surface area contributed by atoms with Crippen molar-refractivity contribution in [3.05, 3.63) is 151 Å². The number of benzene rings is 5.